The predicted molar refractivity (Wildman–Crippen MR) is 143 cm³/mol. The Hall–Kier alpha value is -4.30. The van der Waals surface area contributed by atoms with Crippen molar-refractivity contribution in [3.63, 3.8) is 0 Å². The molecule has 0 unspecified atom stereocenters. The van der Waals surface area contributed by atoms with E-state index in [1.54, 1.807) is 24.3 Å². The van der Waals surface area contributed by atoms with Crippen LogP contribution in [0.2, 0.25) is 0 Å². The van der Waals surface area contributed by atoms with E-state index in [-0.39, 0.29) is 29.1 Å². The van der Waals surface area contributed by atoms with Gasteiger partial charge in [0.1, 0.15) is 5.58 Å². The van der Waals surface area contributed by atoms with E-state index in [9.17, 15) is 14.7 Å². The van der Waals surface area contributed by atoms with Crippen LogP contribution in [0.4, 0.5) is 0 Å². The van der Waals surface area contributed by atoms with Crippen molar-refractivity contribution in [3.8, 4) is 28.6 Å². The summed E-state index contributed by atoms with van der Waals surface area (Å²) in [5.74, 6) is -0.364. The highest BCUT2D eigenvalue weighted by Gasteiger charge is 2.22. The molecule has 1 heterocycles. The fourth-order valence-corrected chi connectivity index (χ4v) is 3.98. The van der Waals surface area contributed by atoms with Gasteiger partial charge in [-0.25, -0.2) is 4.79 Å². The number of carbonyl (C=O) groups is 1. The summed E-state index contributed by atoms with van der Waals surface area (Å²) in [6.45, 7) is 5.33. The fraction of sp³-hybridized carbons (Fsp3) is 0.267. The monoisotopic (exact) mass is 518 g/mol. The molecular formula is C30H30O8. The highest BCUT2D eigenvalue weighted by Crippen LogP contribution is 2.37. The molecule has 0 bridgehead atoms. The maximum absolute atomic E-state index is 13.5. The Balaban J connectivity index is 1.86. The summed E-state index contributed by atoms with van der Waals surface area (Å²) in [5.41, 5.74) is 1.05. The van der Waals surface area contributed by atoms with Crippen LogP contribution in [0.3, 0.4) is 0 Å². The number of methoxy groups -OCH3 is 2. The van der Waals surface area contributed by atoms with E-state index in [2.05, 4.69) is 0 Å². The Labute approximate surface area is 220 Å². The van der Waals surface area contributed by atoms with Crippen LogP contribution in [0.15, 0.2) is 69.9 Å². The quantitative estimate of drug-likeness (QED) is 0.234. The Kier molecular flexibility index (Phi) is 7.73. The minimum Gasteiger partial charge on any atom is -0.502 e. The number of esters is 1. The lowest BCUT2D eigenvalue weighted by atomic mass is 9.97. The Morgan fingerprint density at radius 1 is 0.947 bits per heavy atom. The van der Waals surface area contributed by atoms with Crippen LogP contribution in [0.1, 0.15) is 42.3 Å². The molecule has 0 aliphatic rings. The van der Waals surface area contributed by atoms with E-state index >= 15 is 0 Å². The van der Waals surface area contributed by atoms with E-state index in [0.29, 0.717) is 29.0 Å². The van der Waals surface area contributed by atoms with Crippen LogP contribution >= 0.6 is 0 Å². The number of aromatic hydroxyl groups is 1. The topological polar surface area (TPSA) is 104 Å². The number of carbonyl (C=O) groups excluding carboxylic acids is 1. The zero-order valence-corrected chi connectivity index (χ0v) is 22.0. The molecule has 0 fully saturated rings. The second-order valence-corrected chi connectivity index (χ2v) is 9.66. The molecule has 0 aliphatic heterocycles. The molecule has 3 aromatic carbocycles. The summed E-state index contributed by atoms with van der Waals surface area (Å²) in [5, 5.41) is 11.1. The zero-order valence-electron chi connectivity index (χ0n) is 22.0. The Morgan fingerprint density at radius 2 is 1.66 bits per heavy atom. The van der Waals surface area contributed by atoms with Crippen LogP contribution < -0.4 is 14.9 Å². The normalized spacial score (nSPS) is 11.4. The van der Waals surface area contributed by atoms with Crippen molar-refractivity contribution in [2.75, 3.05) is 21.0 Å². The molecule has 0 amide bonds. The molecule has 0 saturated carbocycles. The van der Waals surface area contributed by atoms with Crippen molar-refractivity contribution in [2.45, 2.75) is 32.8 Å². The second kappa shape index (κ2) is 11.0. The summed E-state index contributed by atoms with van der Waals surface area (Å²) in [7, 11) is 2.99. The number of ether oxygens (including phenoxy) is 4. The minimum absolute atomic E-state index is 0.0595. The summed E-state index contributed by atoms with van der Waals surface area (Å²) in [6, 6.07) is 17.4. The summed E-state index contributed by atoms with van der Waals surface area (Å²) in [4.78, 5) is 26.4. The van der Waals surface area contributed by atoms with E-state index in [1.165, 1.54) is 20.3 Å². The second-order valence-electron chi connectivity index (χ2n) is 9.66. The fourth-order valence-electron chi connectivity index (χ4n) is 3.98. The third-order valence-corrected chi connectivity index (χ3v) is 5.85. The van der Waals surface area contributed by atoms with Gasteiger partial charge in [-0.2, -0.15) is 0 Å². The molecule has 0 atom stereocenters. The molecule has 8 nitrogen and oxygen atoms in total. The van der Waals surface area contributed by atoms with Gasteiger partial charge in [0, 0.05) is 5.56 Å². The molecule has 0 saturated heterocycles. The molecule has 4 rings (SSSR count). The predicted octanol–water partition coefficient (Wildman–Crippen LogP) is 5.70. The molecular weight excluding hydrogens is 488 g/mol. The molecule has 1 aromatic heterocycles. The first-order chi connectivity index (χ1) is 18.1. The lowest BCUT2D eigenvalue weighted by Crippen LogP contribution is -2.22. The Morgan fingerprint density at radius 3 is 2.32 bits per heavy atom. The average Bonchev–Trinajstić information content (AvgIpc) is 2.89. The number of hydrogen-bond donors (Lipinski definition) is 1. The van der Waals surface area contributed by atoms with E-state index in [4.69, 9.17) is 23.4 Å². The zero-order chi connectivity index (χ0) is 27.4. The van der Waals surface area contributed by atoms with Crippen LogP contribution in [0, 0.1) is 0 Å². The minimum atomic E-state index is -0.631. The molecule has 0 spiro atoms. The smallest absolute Gasteiger partial charge is 0.340 e. The van der Waals surface area contributed by atoms with Gasteiger partial charge in [0.05, 0.1) is 30.8 Å². The molecule has 38 heavy (non-hydrogen) atoms. The molecule has 8 heteroatoms. The van der Waals surface area contributed by atoms with Crippen molar-refractivity contribution in [1.82, 2.24) is 0 Å². The summed E-state index contributed by atoms with van der Waals surface area (Å²) >= 11 is 0. The third kappa shape index (κ3) is 5.81. The van der Waals surface area contributed by atoms with Crippen molar-refractivity contribution in [1.29, 1.82) is 0 Å². The first-order valence-corrected chi connectivity index (χ1v) is 12.0. The number of fused-ring (bicyclic) bond motifs is 1. The van der Waals surface area contributed by atoms with Crippen molar-refractivity contribution >= 4 is 16.9 Å². The van der Waals surface area contributed by atoms with Crippen LogP contribution in [-0.2, 0) is 15.9 Å². The lowest BCUT2D eigenvalue weighted by molar-refractivity contribution is -0.0965. The van der Waals surface area contributed by atoms with Crippen molar-refractivity contribution < 1.29 is 33.3 Å². The lowest BCUT2D eigenvalue weighted by Gasteiger charge is -2.19. The van der Waals surface area contributed by atoms with Crippen molar-refractivity contribution in [2.24, 2.45) is 0 Å². The Bertz CT molecular complexity index is 1510. The summed E-state index contributed by atoms with van der Waals surface area (Å²) < 4.78 is 27.5. The SMILES string of the molecule is COc1ccc(-c2oc3cc(C(=O)OCOC(C)(C)C)cc(Cc4ccccc4)c3c(=O)c2O)cc1OC. The first kappa shape index (κ1) is 26.8. The van der Waals surface area contributed by atoms with E-state index < -0.39 is 22.7 Å². The van der Waals surface area contributed by atoms with Crippen LogP contribution in [-0.4, -0.2) is 37.7 Å². The van der Waals surface area contributed by atoms with Gasteiger partial charge < -0.3 is 28.5 Å². The molecule has 198 valence electrons. The molecule has 4 aromatic rings. The highest BCUT2D eigenvalue weighted by molar-refractivity contribution is 5.96. The number of benzene rings is 3. The van der Waals surface area contributed by atoms with Crippen molar-refractivity contribution in [3.05, 3.63) is 87.6 Å². The van der Waals surface area contributed by atoms with Crippen LogP contribution in [0.25, 0.3) is 22.3 Å². The molecule has 0 radical (unpaired) electrons. The van der Waals surface area contributed by atoms with Gasteiger partial charge in [0.15, 0.2) is 24.1 Å². The van der Waals surface area contributed by atoms with Crippen LogP contribution in [0.5, 0.6) is 17.2 Å². The number of rotatable bonds is 8. The van der Waals surface area contributed by atoms with Gasteiger partial charge >= 0.3 is 5.97 Å². The average molecular weight is 519 g/mol. The van der Waals surface area contributed by atoms with E-state index in [1.807, 2.05) is 51.1 Å². The van der Waals surface area contributed by atoms with Gasteiger partial charge in [-0.1, -0.05) is 30.3 Å². The maximum atomic E-state index is 13.5. The van der Waals surface area contributed by atoms with E-state index in [0.717, 1.165) is 5.56 Å². The highest BCUT2D eigenvalue weighted by atomic mass is 16.7. The summed E-state index contributed by atoms with van der Waals surface area (Å²) in [6.07, 6.45) is 0.330. The molecule has 0 aliphatic carbocycles. The van der Waals surface area contributed by atoms with Gasteiger partial charge in [-0.15, -0.1) is 0 Å². The van der Waals surface area contributed by atoms with Gasteiger partial charge in [0.25, 0.3) is 0 Å². The largest absolute Gasteiger partial charge is 0.502 e. The maximum Gasteiger partial charge on any atom is 0.340 e. The third-order valence-electron chi connectivity index (χ3n) is 5.85. The van der Waals surface area contributed by atoms with Gasteiger partial charge in [0.2, 0.25) is 11.2 Å². The van der Waals surface area contributed by atoms with Gasteiger partial charge in [-0.3, -0.25) is 4.79 Å². The standard InChI is InChI=1S/C30H30O8/c1-30(2,3)37-17-36-29(33)21-14-20(13-18-9-7-6-8-10-18)25-24(16-21)38-28(27(32)26(25)31)19-11-12-22(34-4)23(15-19)35-5/h6-12,14-16,32H,13,17H2,1-5H3. The van der Waals surface area contributed by atoms with Gasteiger partial charge in [-0.05, 0) is 68.7 Å². The number of hydrogen-bond acceptors (Lipinski definition) is 8. The first-order valence-electron chi connectivity index (χ1n) is 12.0. The molecule has 1 N–H and O–H groups in total.